The Bertz CT molecular complexity index is 1500. The van der Waals surface area contributed by atoms with E-state index in [0.29, 0.717) is 33.3 Å². The summed E-state index contributed by atoms with van der Waals surface area (Å²) in [5, 5.41) is 13.0. The van der Waals surface area contributed by atoms with E-state index in [9.17, 15) is 13.7 Å². The molecule has 0 unspecified atom stereocenters. The van der Waals surface area contributed by atoms with Gasteiger partial charge in [0.2, 0.25) is 11.8 Å². The molecule has 12 heteroatoms. The third kappa shape index (κ3) is 6.21. The molecule has 3 N–H and O–H groups in total. The maximum atomic E-state index is 12.0. The quantitative estimate of drug-likeness (QED) is 0.378. The maximum Gasteiger partial charge on any atom is 0.240 e. The molecule has 0 atom stereocenters. The number of piperidine rings is 1. The molecule has 38 heavy (non-hydrogen) atoms. The van der Waals surface area contributed by atoms with Gasteiger partial charge in [0.15, 0.2) is 9.84 Å². The van der Waals surface area contributed by atoms with E-state index in [4.69, 9.17) is 27.1 Å². The van der Waals surface area contributed by atoms with Gasteiger partial charge in [0.1, 0.15) is 16.0 Å². The van der Waals surface area contributed by atoms with Crippen molar-refractivity contribution in [3.05, 3.63) is 62.1 Å². The first-order valence-electron chi connectivity index (χ1n) is 12.0. The number of rotatable bonds is 7. The Labute approximate surface area is 236 Å². The Morgan fingerprint density at radius 2 is 1.87 bits per heavy atom. The second-order valence-electron chi connectivity index (χ2n) is 9.32. The number of nitrogens with two attached hydrogens (primary N) is 1. The van der Waals surface area contributed by atoms with Crippen molar-refractivity contribution in [2.75, 3.05) is 30.0 Å². The number of ether oxygens (including phenoxy) is 1. The van der Waals surface area contributed by atoms with Gasteiger partial charge >= 0.3 is 0 Å². The monoisotopic (exact) mass is 618 g/mol. The Morgan fingerprint density at radius 3 is 2.45 bits per heavy atom. The highest BCUT2D eigenvalue weighted by molar-refractivity contribution is 9.10. The molecule has 1 fully saturated rings. The standard InChI is InChI=1S/C26H28BrClN6O3S/c1-15-10-17(13-29)11-16(2)23(15)37-25-22(27)24(30)32-26(33-25)34(19-6-8-31-9-7-19)14-18-4-5-20(12-21(18)28)38(3,35)36/h4-5,10-12,19,31H,6-9,14H2,1-3H3,(H2,30,32,33). The van der Waals surface area contributed by atoms with E-state index in [1.54, 1.807) is 24.3 Å². The number of nitrogen functional groups attached to an aromatic ring is 1. The fourth-order valence-corrected chi connectivity index (χ4v) is 5.66. The van der Waals surface area contributed by atoms with Crippen molar-refractivity contribution in [1.29, 1.82) is 5.26 Å². The van der Waals surface area contributed by atoms with Crippen LogP contribution in [0.25, 0.3) is 0 Å². The molecule has 2 aromatic carbocycles. The van der Waals surface area contributed by atoms with Gasteiger partial charge in [-0.15, -0.1) is 0 Å². The number of nitrogens with one attached hydrogen (secondary N) is 1. The number of anilines is 2. The molecule has 200 valence electrons. The maximum absolute atomic E-state index is 12.0. The molecule has 0 spiro atoms. The summed E-state index contributed by atoms with van der Waals surface area (Å²) in [6.45, 7) is 5.75. The average Bonchev–Trinajstić information content (AvgIpc) is 2.87. The lowest BCUT2D eigenvalue weighted by molar-refractivity contribution is 0.418. The molecule has 1 saturated heterocycles. The number of sulfone groups is 1. The number of hydrogen-bond donors (Lipinski definition) is 2. The lowest BCUT2D eigenvalue weighted by atomic mass is 10.0. The van der Waals surface area contributed by atoms with Gasteiger partial charge in [-0.1, -0.05) is 17.7 Å². The lowest BCUT2D eigenvalue weighted by Gasteiger charge is -2.35. The van der Waals surface area contributed by atoms with Gasteiger partial charge in [0.05, 0.1) is 16.5 Å². The Hall–Kier alpha value is -2.91. The molecular weight excluding hydrogens is 592 g/mol. The van der Waals surface area contributed by atoms with Gasteiger partial charge in [-0.3, -0.25) is 0 Å². The van der Waals surface area contributed by atoms with Crippen LogP contribution in [-0.4, -0.2) is 43.8 Å². The number of nitrogens with zero attached hydrogens (tertiary/aromatic N) is 4. The largest absolute Gasteiger partial charge is 0.437 e. The molecule has 1 aliphatic heterocycles. The average molecular weight is 620 g/mol. The number of aromatic nitrogens is 2. The van der Waals surface area contributed by atoms with Gasteiger partial charge in [-0.2, -0.15) is 15.2 Å². The number of benzene rings is 2. The smallest absolute Gasteiger partial charge is 0.240 e. The molecule has 1 aliphatic rings. The van der Waals surface area contributed by atoms with Crippen LogP contribution < -0.4 is 20.7 Å². The third-order valence-corrected chi connectivity index (χ3v) is 8.63. The van der Waals surface area contributed by atoms with Crippen LogP contribution in [0.4, 0.5) is 11.8 Å². The minimum atomic E-state index is -3.39. The highest BCUT2D eigenvalue weighted by Gasteiger charge is 2.27. The predicted octanol–water partition coefficient (Wildman–Crippen LogP) is 4.92. The lowest BCUT2D eigenvalue weighted by Crippen LogP contribution is -2.43. The zero-order chi connectivity index (χ0) is 27.6. The second kappa shape index (κ2) is 11.5. The second-order valence-corrected chi connectivity index (χ2v) is 12.5. The predicted molar refractivity (Wildman–Crippen MR) is 151 cm³/mol. The van der Waals surface area contributed by atoms with Crippen molar-refractivity contribution in [3.8, 4) is 17.7 Å². The fraction of sp³-hybridized carbons (Fsp3) is 0.346. The van der Waals surface area contributed by atoms with Crippen LogP contribution in [0.2, 0.25) is 5.02 Å². The summed E-state index contributed by atoms with van der Waals surface area (Å²) in [4.78, 5) is 11.5. The minimum absolute atomic E-state index is 0.0914. The first kappa shape index (κ1) is 28.1. The van der Waals surface area contributed by atoms with Gasteiger partial charge in [-0.25, -0.2) is 8.42 Å². The van der Waals surface area contributed by atoms with E-state index in [2.05, 4.69) is 32.3 Å². The van der Waals surface area contributed by atoms with Crippen LogP contribution in [0.5, 0.6) is 11.6 Å². The van der Waals surface area contributed by atoms with Gasteiger partial charge < -0.3 is 20.7 Å². The highest BCUT2D eigenvalue weighted by atomic mass is 79.9. The van der Waals surface area contributed by atoms with E-state index in [0.717, 1.165) is 48.9 Å². The van der Waals surface area contributed by atoms with Gasteiger partial charge in [-0.05, 0) is 96.7 Å². The molecule has 0 bridgehead atoms. The SMILES string of the molecule is Cc1cc(C#N)cc(C)c1Oc1nc(N(Cc2ccc(S(C)(=O)=O)cc2Cl)C2CCNCC2)nc(N)c1Br. The number of hydrogen-bond acceptors (Lipinski definition) is 9. The zero-order valence-electron chi connectivity index (χ0n) is 21.3. The van der Waals surface area contributed by atoms with Crippen LogP contribution in [0.1, 0.15) is 35.1 Å². The summed E-state index contributed by atoms with van der Waals surface area (Å²) in [7, 11) is -3.39. The summed E-state index contributed by atoms with van der Waals surface area (Å²) in [5.74, 6) is 1.42. The normalized spacial score (nSPS) is 14.2. The van der Waals surface area contributed by atoms with E-state index in [1.807, 2.05) is 18.7 Å². The molecule has 0 aliphatic carbocycles. The van der Waals surface area contributed by atoms with Crippen LogP contribution in [0, 0.1) is 25.2 Å². The van der Waals surface area contributed by atoms with E-state index < -0.39 is 9.84 Å². The minimum Gasteiger partial charge on any atom is -0.437 e. The van der Waals surface area contributed by atoms with E-state index in [-0.39, 0.29) is 22.6 Å². The van der Waals surface area contributed by atoms with Crippen molar-refractivity contribution >= 4 is 49.1 Å². The van der Waals surface area contributed by atoms with E-state index in [1.165, 1.54) is 6.07 Å². The molecule has 3 aromatic rings. The molecule has 9 nitrogen and oxygen atoms in total. The topological polar surface area (TPSA) is 134 Å². The van der Waals surface area contributed by atoms with Gasteiger partial charge in [0.25, 0.3) is 0 Å². The van der Waals surface area contributed by atoms with Crippen LogP contribution >= 0.6 is 27.5 Å². The van der Waals surface area contributed by atoms with Crippen LogP contribution in [0.3, 0.4) is 0 Å². The van der Waals surface area contributed by atoms with Gasteiger partial charge in [0, 0.05) is 23.9 Å². The summed E-state index contributed by atoms with van der Waals surface area (Å²) in [6, 6.07) is 10.5. The molecule has 4 rings (SSSR count). The first-order chi connectivity index (χ1) is 18.0. The fourth-order valence-electron chi connectivity index (χ4n) is 4.45. The summed E-state index contributed by atoms with van der Waals surface area (Å²) in [6.07, 6.45) is 2.85. The first-order valence-corrected chi connectivity index (χ1v) is 15.0. The molecule has 2 heterocycles. The van der Waals surface area contributed by atoms with Crippen LogP contribution in [0.15, 0.2) is 39.7 Å². The molecule has 1 aromatic heterocycles. The van der Waals surface area contributed by atoms with Crippen molar-refractivity contribution in [3.63, 3.8) is 0 Å². The molecular formula is C26H28BrClN6O3S. The van der Waals surface area contributed by atoms with Crippen LogP contribution in [-0.2, 0) is 16.4 Å². The Balaban J connectivity index is 1.75. The molecule has 0 radical (unpaired) electrons. The van der Waals surface area contributed by atoms with Crippen molar-refractivity contribution < 1.29 is 13.2 Å². The Kier molecular flexibility index (Phi) is 8.47. The summed E-state index contributed by atoms with van der Waals surface area (Å²) >= 11 is 10.0. The number of nitriles is 1. The molecule has 0 amide bonds. The zero-order valence-corrected chi connectivity index (χ0v) is 24.4. The third-order valence-electron chi connectivity index (χ3n) is 6.42. The highest BCUT2D eigenvalue weighted by Crippen LogP contribution is 2.37. The Morgan fingerprint density at radius 1 is 1.21 bits per heavy atom. The number of halogens is 2. The van der Waals surface area contributed by atoms with Crippen molar-refractivity contribution in [2.24, 2.45) is 0 Å². The van der Waals surface area contributed by atoms with Crippen molar-refractivity contribution in [1.82, 2.24) is 15.3 Å². The molecule has 0 saturated carbocycles. The number of aryl methyl sites for hydroxylation is 2. The van der Waals surface area contributed by atoms with Crippen molar-refractivity contribution in [2.45, 2.75) is 44.2 Å². The summed E-state index contributed by atoms with van der Waals surface area (Å²) < 4.78 is 30.6. The van der Waals surface area contributed by atoms with E-state index >= 15 is 0 Å². The summed E-state index contributed by atoms with van der Waals surface area (Å²) in [5.41, 5.74) is 9.17.